The van der Waals surface area contributed by atoms with Crippen molar-refractivity contribution >= 4 is 27.6 Å². The Balaban J connectivity index is 4.68. The third kappa shape index (κ3) is 42.7. The Labute approximate surface area is 361 Å². The quantitative estimate of drug-likeness (QED) is 0.0127. The Kier molecular flexibility index (Phi) is 38.6. The molecule has 0 heterocycles. The van der Waals surface area contributed by atoms with Gasteiger partial charge < -0.3 is 34.4 Å². The summed E-state index contributed by atoms with van der Waals surface area (Å²) in [6, 6.07) is 0. The number of unbranched alkanes of at least 4 members (excludes halogenated alkanes) is 17. The number of ether oxygens (including phenoxy) is 2. The van der Waals surface area contributed by atoms with Gasteiger partial charge in [-0.1, -0.05) is 165 Å². The molecular formula is C44H80O14P2. The molecule has 16 heteroatoms. The van der Waals surface area contributed by atoms with E-state index in [9.17, 15) is 33.8 Å². The maximum atomic E-state index is 12.7. The number of hydrogen-bond donors (Lipinski definition) is 5. The van der Waals surface area contributed by atoms with E-state index < -0.39 is 72.3 Å². The molecule has 0 spiro atoms. The van der Waals surface area contributed by atoms with Gasteiger partial charge in [-0.05, 0) is 44.9 Å². The smallest absolute Gasteiger partial charge is 0.462 e. The minimum Gasteiger partial charge on any atom is -0.462 e. The summed E-state index contributed by atoms with van der Waals surface area (Å²) in [5, 5.41) is 20.0. The van der Waals surface area contributed by atoms with Gasteiger partial charge in [0.2, 0.25) is 0 Å². The molecule has 60 heavy (non-hydrogen) atoms. The fraction of sp³-hybridized carbons (Fsp3) is 0.773. The molecule has 0 amide bonds. The second kappa shape index (κ2) is 39.9. The van der Waals surface area contributed by atoms with Gasteiger partial charge >= 0.3 is 27.6 Å². The SMILES string of the molecule is CCCCC/C=C\C/C=C\C/C=C\C=C\[C@@H](O)CCCC(=O)OC[C@H](COP(=O)(O)OC[C@@H](O)COP(=O)(O)O)OC(=O)CCCCCCCCCCCCCCCCC. The van der Waals surface area contributed by atoms with E-state index in [1.807, 2.05) is 12.2 Å². The van der Waals surface area contributed by atoms with Gasteiger partial charge in [0.05, 0.1) is 25.9 Å². The Bertz CT molecular complexity index is 1270. The summed E-state index contributed by atoms with van der Waals surface area (Å²) in [5.41, 5.74) is 0. The summed E-state index contributed by atoms with van der Waals surface area (Å²) in [7, 11) is -9.73. The van der Waals surface area contributed by atoms with Crippen molar-refractivity contribution in [3.63, 3.8) is 0 Å². The lowest BCUT2D eigenvalue weighted by atomic mass is 10.0. The van der Waals surface area contributed by atoms with E-state index in [0.717, 1.165) is 44.9 Å². The second-order valence-electron chi connectivity index (χ2n) is 15.2. The summed E-state index contributed by atoms with van der Waals surface area (Å²) in [5.74, 6) is -1.23. The molecule has 0 aromatic carbocycles. The van der Waals surface area contributed by atoms with Crippen molar-refractivity contribution in [2.75, 3.05) is 26.4 Å². The highest BCUT2D eigenvalue weighted by Crippen LogP contribution is 2.43. The summed E-state index contributed by atoms with van der Waals surface area (Å²) >= 11 is 0. The Morgan fingerprint density at radius 1 is 0.550 bits per heavy atom. The number of hydrogen-bond acceptors (Lipinski definition) is 11. The van der Waals surface area contributed by atoms with Crippen LogP contribution in [0.15, 0.2) is 48.6 Å². The largest absolute Gasteiger partial charge is 0.472 e. The first-order valence-corrected chi connectivity index (χ1v) is 25.5. The Morgan fingerprint density at radius 2 is 1.05 bits per heavy atom. The Hall–Kier alpha value is -1.96. The molecule has 0 aliphatic heterocycles. The molecule has 350 valence electrons. The molecule has 0 aromatic rings. The third-order valence-electron chi connectivity index (χ3n) is 9.31. The van der Waals surface area contributed by atoms with Crippen LogP contribution < -0.4 is 0 Å². The first kappa shape index (κ1) is 58.0. The molecule has 5 N–H and O–H groups in total. The van der Waals surface area contributed by atoms with Gasteiger partial charge in [-0.2, -0.15) is 0 Å². The van der Waals surface area contributed by atoms with Crippen molar-refractivity contribution in [3.8, 4) is 0 Å². The highest BCUT2D eigenvalue weighted by atomic mass is 31.2. The van der Waals surface area contributed by atoms with Crippen molar-refractivity contribution in [1.29, 1.82) is 0 Å². The molecule has 0 saturated carbocycles. The zero-order valence-corrected chi connectivity index (χ0v) is 38.5. The number of carbonyl (C=O) groups is 2. The molecule has 0 saturated heterocycles. The molecule has 0 aliphatic rings. The van der Waals surface area contributed by atoms with Gasteiger partial charge in [0, 0.05) is 12.8 Å². The van der Waals surface area contributed by atoms with Crippen molar-refractivity contribution in [2.24, 2.45) is 0 Å². The van der Waals surface area contributed by atoms with E-state index in [0.29, 0.717) is 19.3 Å². The van der Waals surface area contributed by atoms with Gasteiger partial charge in [-0.25, -0.2) is 9.13 Å². The van der Waals surface area contributed by atoms with Gasteiger partial charge in [0.15, 0.2) is 6.10 Å². The van der Waals surface area contributed by atoms with Gasteiger partial charge in [-0.15, -0.1) is 0 Å². The lowest BCUT2D eigenvalue weighted by molar-refractivity contribution is -0.161. The van der Waals surface area contributed by atoms with Crippen LogP contribution in [0.3, 0.4) is 0 Å². The van der Waals surface area contributed by atoms with Crippen molar-refractivity contribution in [1.82, 2.24) is 0 Å². The van der Waals surface area contributed by atoms with E-state index in [4.69, 9.17) is 23.8 Å². The highest BCUT2D eigenvalue weighted by Gasteiger charge is 2.28. The first-order valence-electron chi connectivity index (χ1n) is 22.4. The number of carbonyl (C=O) groups excluding carboxylic acids is 2. The van der Waals surface area contributed by atoms with Crippen molar-refractivity contribution in [3.05, 3.63) is 48.6 Å². The van der Waals surface area contributed by atoms with Crippen LogP contribution in [0, 0.1) is 0 Å². The van der Waals surface area contributed by atoms with Gasteiger partial charge in [-0.3, -0.25) is 23.2 Å². The van der Waals surface area contributed by atoms with Crippen LogP contribution in [0.2, 0.25) is 0 Å². The monoisotopic (exact) mass is 895 g/mol. The predicted octanol–water partition coefficient (Wildman–Crippen LogP) is 10.4. The number of esters is 2. The van der Waals surface area contributed by atoms with E-state index in [1.54, 1.807) is 12.2 Å². The lowest BCUT2D eigenvalue weighted by Gasteiger charge is -2.20. The molecule has 0 bridgehead atoms. The molecule has 0 radical (unpaired) electrons. The van der Waals surface area contributed by atoms with Crippen molar-refractivity contribution < 1.29 is 66.7 Å². The molecule has 0 fully saturated rings. The topological polar surface area (TPSA) is 216 Å². The number of rotatable bonds is 42. The van der Waals surface area contributed by atoms with Crippen molar-refractivity contribution in [2.45, 2.75) is 193 Å². The average Bonchev–Trinajstić information content (AvgIpc) is 3.20. The van der Waals surface area contributed by atoms with Crippen LogP contribution >= 0.6 is 15.6 Å². The van der Waals surface area contributed by atoms with Gasteiger partial charge in [0.25, 0.3) is 0 Å². The number of phosphoric ester groups is 2. The van der Waals surface area contributed by atoms with Crippen LogP contribution in [0.25, 0.3) is 0 Å². The fourth-order valence-corrected chi connectivity index (χ4v) is 7.02. The van der Waals surface area contributed by atoms with E-state index >= 15 is 0 Å². The second-order valence-corrected chi connectivity index (χ2v) is 17.9. The minimum absolute atomic E-state index is 0.0323. The van der Waals surface area contributed by atoms with Crippen LogP contribution in [-0.2, 0) is 41.8 Å². The maximum absolute atomic E-state index is 12.7. The number of phosphoric acid groups is 2. The van der Waals surface area contributed by atoms with Crippen LogP contribution in [0.1, 0.15) is 174 Å². The number of allylic oxidation sites excluding steroid dienone is 7. The number of aliphatic hydroxyl groups excluding tert-OH is 2. The summed E-state index contributed by atoms with van der Waals surface area (Å²) < 4.78 is 47.6. The predicted molar refractivity (Wildman–Crippen MR) is 236 cm³/mol. The minimum atomic E-state index is -4.88. The van der Waals surface area contributed by atoms with Gasteiger partial charge in [0.1, 0.15) is 12.7 Å². The molecule has 1 unspecified atom stereocenters. The van der Waals surface area contributed by atoms with E-state index in [-0.39, 0.29) is 12.8 Å². The first-order chi connectivity index (χ1) is 28.8. The molecule has 0 rings (SSSR count). The summed E-state index contributed by atoms with van der Waals surface area (Å²) in [6.07, 6.45) is 37.0. The zero-order chi connectivity index (χ0) is 44.6. The average molecular weight is 895 g/mol. The van der Waals surface area contributed by atoms with E-state index in [1.165, 1.54) is 83.5 Å². The highest BCUT2D eigenvalue weighted by molar-refractivity contribution is 7.47. The number of aliphatic hydroxyl groups is 2. The molecule has 0 aliphatic carbocycles. The summed E-state index contributed by atoms with van der Waals surface area (Å²) in [6.45, 7) is 1.53. The molecule has 0 aromatic heterocycles. The van der Waals surface area contributed by atoms with E-state index in [2.05, 4.69) is 47.2 Å². The summed E-state index contributed by atoms with van der Waals surface area (Å²) in [4.78, 5) is 52.7. The van der Waals surface area contributed by atoms with Crippen LogP contribution in [-0.4, -0.2) is 81.6 Å². The Morgan fingerprint density at radius 3 is 1.65 bits per heavy atom. The van der Waals surface area contributed by atoms with Crippen LogP contribution in [0.4, 0.5) is 0 Å². The third-order valence-corrected chi connectivity index (χ3v) is 10.8. The fourth-order valence-electron chi connectivity index (χ4n) is 5.86. The molecule has 14 nitrogen and oxygen atoms in total. The molecular weight excluding hydrogens is 814 g/mol. The molecule has 4 atom stereocenters. The van der Waals surface area contributed by atoms with Crippen LogP contribution in [0.5, 0.6) is 0 Å². The zero-order valence-electron chi connectivity index (χ0n) is 36.7. The normalized spacial score (nSPS) is 15.0. The lowest BCUT2D eigenvalue weighted by Crippen LogP contribution is -2.30. The maximum Gasteiger partial charge on any atom is 0.472 e. The standard InChI is InChI=1S/C44H80O14P2/c1-3-5-7-9-11-13-15-17-18-20-22-24-26-28-30-34-44(48)58-42(39-57-60(52,53)56-37-41(46)36-55-59(49,50)51)38-54-43(47)35-31-33-40(45)32-29-27-25-23-21-19-16-14-12-10-8-6-4-2/h12,14,19,21,25,27,29,32,40-42,45-46H,3-11,13,15-18,20,22-24,26,28,30-31,33-39H2,1-2H3,(H,52,53)(H2,49,50,51)/b14-12-,21-19-,27-25-,32-29+/t40-,41+,42-/m1/s1.